The molecule has 0 aromatic carbocycles. The number of nitrogen functional groups attached to an aromatic ring is 1. The number of hydrogen-bond donors (Lipinski definition) is 1. The largest absolute Gasteiger partial charge is 0.374 e. The molecule has 0 amide bonds. The number of hydrogen-bond acceptors (Lipinski definition) is 5. The number of aromatic nitrogens is 2. The van der Waals surface area contributed by atoms with Crippen LogP contribution < -0.4 is 5.73 Å². The zero-order valence-corrected chi connectivity index (χ0v) is 9.63. The van der Waals surface area contributed by atoms with E-state index in [0.29, 0.717) is 17.8 Å². The van der Waals surface area contributed by atoms with Gasteiger partial charge in [-0.15, -0.1) is 10.2 Å². The molecular formula is C10H17N3OS. The van der Waals surface area contributed by atoms with Gasteiger partial charge >= 0.3 is 0 Å². The summed E-state index contributed by atoms with van der Waals surface area (Å²) < 4.78 is 5.81. The van der Waals surface area contributed by atoms with Gasteiger partial charge in [0.1, 0.15) is 11.6 Å². The Bertz CT molecular complexity index is 295. The summed E-state index contributed by atoms with van der Waals surface area (Å²) in [6.07, 6.45) is 8.09. The normalized spacial score (nSPS) is 18.9. The van der Waals surface area contributed by atoms with Gasteiger partial charge in [0.05, 0.1) is 6.10 Å². The maximum absolute atomic E-state index is 5.81. The fourth-order valence-electron chi connectivity index (χ4n) is 1.92. The summed E-state index contributed by atoms with van der Waals surface area (Å²) in [6, 6.07) is 0. The monoisotopic (exact) mass is 227 g/mol. The van der Waals surface area contributed by atoms with E-state index in [4.69, 9.17) is 10.5 Å². The molecule has 0 unspecified atom stereocenters. The molecule has 0 atom stereocenters. The van der Waals surface area contributed by atoms with Crippen LogP contribution in [0.15, 0.2) is 0 Å². The van der Waals surface area contributed by atoms with E-state index < -0.39 is 0 Å². The summed E-state index contributed by atoms with van der Waals surface area (Å²) in [6.45, 7) is 0.569. The van der Waals surface area contributed by atoms with E-state index in [-0.39, 0.29) is 0 Å². The molecule has 0 aliphatic heterocycles. The van der Waals surface area contributed by atoms with Gasteiger partial charge in [0.15, 0.2) is 0 Å². The van der Waals surface area contributed by atoms with Crippen LogP contribution in [0.2, 0.25) is 0 Å². The fourth-order valence-corrected chi connectivity index (χ4v) is 2.45. The molecule has 1 aromatic rings. The molecule has 1 aliphatic carbocycles. The van der Waals surface area contributed by atoms with Crippen molar-refractivity contribution in [2.45, 2.75) is 51.2 Å². The van der Waals surface area contributed by atoms with Gasteiger partial charge in [-0.2, -0.15) is 0 Å². The second-order valence-corrected chi connectivity index (χ2v) is 5.05. The average Bonchev–Trinajstić information content (AvgIpc) is 2.52. The lowest BCUT2D eigenvalue weighted by Crippen LogP contribution is -2.11. The molecule has 1 fully saturated rings. The highest BCUT2D eigenvalue weighted by Gasteiger charge is 2.13. The second kappa shape index (κ2) is 5.42. The van der Waals surface area contributed by atoms with Crippen LogP contribution in [0.1, 0.15) is 43.5 Å². The highest BCUT2D eigenvalue weighted by atomic mass is 32.1. The molecule has 0 radical (unpaired) electrons. The van der Waals surface area contributed by atoms with Crippen LogP contribution in [-0.2, 0) is 11.3 Å². The van der Waals surface area contributed by atoms with Gasteiger partial charge in [-0.1, -0.05) is 37.0 Å². The summed E-state index contributed by atoms with van der Waals surface area (Å²) in [5, 5.41) is 9.12. The Morgan fingerprint density at radius 2 is 1.93 bits per heavy atom. The Morgan fingerprint density at radius 1 is 1.20 bits per heavy atom. The fraction of sp³-hybridized carbons (Fsp3) is 0.800. The van der Waals surface area contributed by atoms with Crippen molar-refractivity contribution in [1.29, 1.82) is 0 Å². The molecule has 2 N–H and O–H groups in total. The number of nitrogens with zero attached hydrogens (tertiary/aromatic N) is 2. The van der Waals surface area contributed by atoms with Gasteiger partial charge in [-0.3, -0.25) is 0 Å². The molecule has 1 heterocycles. The minimum atomic E-state index is 0.414. The second-order valence-electron chi connectivity index (χ2n) is 3.96. The standard InChI is InChI=1S/C10H17N3OS/c11-10-13-12-9(15-10)7-14-8-5-3-1-2-4-6-8/h8H,1-7H2,(H2,11,13). The molecule has 0 spiro atoms. The summed E-state index contributed by atoms with van der Waals surface area (Å²) in [5.74, 6) is 0. The summed E-state index contributed by atoms with van der Waals surface area (Å²) >= 11 is 1.41. The molecule has 1 aromatic heterocycles. The highest BCUT2D eigenvalue weighted by Crippen LogP contribution is 2.21. The lowest BCUT2D eigenvalue weighted by atomic mass is 10.1. The van der Waals surface area contributed by atoms with Gasteiger partial charge in [0, 0.05) is 0 Å². The van der Waals surface area contributed by atoms with Crippen molar-refractivity contribution in [3.05, 3.63) is 5.01 Å². The summed E-state index contributed by atoms with van der Waals surface area (Å²) in [4.78, 5) is 0. The smallest absolute Gasteiger partial charge is 0.203 e. The van der Waals surface area contributed by atoms with E-state index in [0.717, 1.165) is 5.01 Å². The van der Waals surface area contributed by atoms with Crippen LogP contribution in [0.3, 0.4) is 0 Å². The molecule has 0 saturated heterocycles. The van der Waals surface area contributed by atoms with Crippen LogP contribution >= 0.6 is 11.3 Å². The molecule has 5 heteroatoms. The number of rotatable bonds is 3. The van der Waals surface area contributed by atoms with Gasteiger partial charge in [-0.05, 0) is 12.8 Å². The first-order valence-corrected chi connectivity index (χ1v) is 6.36. The van der Waals surface area contributed by atoms with E-state index >= 15 is 0 Å². The van der Waals surface area contributed by atoms with Crippen molar-refractivity contribution in [3.63, 3.8) is 0 Å². The molecule has 0 bridgehead atoms. The molecule has 2 rings (SSSR count). The third-order valence-corrected chi connectivity index (χ3v) is 3.45. The number of anilines is 1. The Morgan fingerprint density at radius 3 is 2.53 bits per heavy atom. The van der Waals surface area contributed by atoms with Gasteiger partial charge in [0.25, 0.3) is 0 Å². The maximum Gasteiger partial charge on any atom is 0.203 e. The summed E-state index contributed by atoms with van der Waals surface area (Å²) in [7, 11) is 0. The minimum Gasteiger partial charge on any atom is -0.374 e. The van der Waals surface area contributed by atoms with Crippen molar-refractivity contribution >= 4 is 16.5 Å². The van der Waals surface area contributed by atoms with E-state index in [9.17, 15) is 0 Å². The van der Waals surface area contributed by atoms with Crippen molar-refractivity contribution in [2.75, 3.05) is 5.73 Å². The molecule has 1 saturated carbocycles. The van der Waals surface area contributed by atoms with Gasteiger partial charge in [-0.25, -0.2) is 0 Å². The Kier molecular flexibility index (Phi) is 3.91. The van der Waals surface area contributed by atoms with Crippen LogP contribution in [0.4, 0.5) is 5.13 Å². The molecule has 15 heavy (non-hydrogen) atoms. The van der Waals surface area contributed by atoms with Crippen LogP contribution in [0, 0.1) is 0 Å². The Balaban J connectivity index is 1.76. The third-order valence-electron chi connectivity index (χ3n) is 2.73. The summed E-state index contributed by atoms with van der Waals surface area (Å²) in [5.41, 5.74) is 5.50. The van der Waals surface area contributed by atoms with E-state index in [1.54, 1.807) is 0 Å². The molecule has 84 valence electrons. The highest BCUT2D eigenvalue weighted by molar-refractivity contribution is 7.15. The zero-order chi connectivity index (χ0) is 10.5. The van der Waals surface area contributed by atoms with Crippen LogP contribution in [-0.4, -0.2) is 16.3 Å². The third kappa shape index (κ3) is 3.43. The topological polar surface area (TPSA) is 61.0 Å². The lowest BCUT2D eigenvalue weighted by Gasteiger charge is -2.13. The molecule has 4 nitrogen and oxygen atoms in total. The van der Waals surface area contributed by atoms with E-state index in [1.807, 2.05) is 0 Å². The van der Waals surface area contributed by atoms with Gasteiger partial charge in [0.2, 0.25) is 5.13 Å². The van der Waals surface area contributed by atoms with Crippen molar-refractivity contribution in [3.8, 4) is 0 Å². The first-order chi connectivity index (χ1) is 7.34. The zero-order valence-electron chi connectivity index (χ0n) is 8.82. The maximum atomic E-state index is 5.81. The number of ether oxygens (including phenoxy) is 1. The van der Waals surface area contributed by atoms with Crippen LogP contribution in [0.25, 0.3) is 0 Å². The van der Waals surface area contributed by atoms with Gasteiger partial charge < -0.3 is 10.5 Å². The molecule has 1 aliphatic rings. The SMILES string of the molecule is Nc1nnc(COC2CCCCCC2)s1. The quantitative estimate of drug-likeness (QED) is 0.805. The first-order valence-electron chi connectivity index (χ1n) is 5.54. The van der Waals surface area contributed by atoms with Crippen molar-refractivity contribution in [1.82, 2.24) is 10.2 Å². The Hall–Kier alpha value is -0.680. The minimum absolute atomic E-state index is 0.414. The predicted octanol–water partition coefficient (Wildman–Crippen LogP) is 2.36. The Labute approximate surface area is 93.8 Å². The van der Waals surface area contributed by atoms with E-state index in [1.165, 1.54) is 49.9 Å². The average molecular weight is 227 g/mol. The predicted molar refractivity (Wildman–Crippen MR) is 60.6 cm³/mol. The van der Waals surface area contributed by atoms with Crippen LogP contribution in [0.5, 0.6) is 0 Å². The van der Waals surface area contributed by atoms with Crippen molar-refractivity contribution < 1.29 is 4.74 Å². The number of nitrogens with two attached hydrogens (primary N) is 1. The molecular weight excluding hydrogens is 210 g/mol. The van der Waals surface area contributed by atoms with E-state index in [2.05, 4.69) is 10.2 Å². The lowest BCUT2D eigenvalue weighted by molar-refractivity contribution is 0.0306. The first kappa shape index (κ1) is 10.8. The van der Waals surface area contributed by atoms with Crippen molar-refractivity contribution in [2.24, 2.45) is 0 Å².